The van der Waals surface area contributed by atoms with Crippen LogP contribution >= 0.6 is 0 Å². The fraction of sp³-hybridized carbons (Fsp3) is 0.300. The van der Waals surface area contributed by atoms with Crippen LogP contribution in [0, 0.1) is 13.8 Å². The van der Waals surface area contributed by atoms with Crippen molar-refractivity contribution in [1.29, 1.82) is 0 Å². The van der Waals surface area contributed by atoms with Gasteiger partial charge in [-0.25, -0.2) is 0 Å². The van der Waals surface area contributed by atoms with Crippen molar-refractivity contribution in [3.8, 4) is 0 Å². The van der Waals surface area contributed by atoms with Gasteiger partial charge in [0.15, 0.2) is 0 Å². The van der Waals surface area contributed by atoms with Crippen molar-refractivity contribution in [2.75, 3.05) is 0 Å². The lowest BCUT2D eigenvalue weighted by Crippen LogP contribution is -1.91. The van der Waals surface area contributed by atoms with Crippen molar-refractivity contribution in [2.45, 2.75) is 40.5 Å². The van der Waals surface area contributed by atoms with Crippen LogP contribution in [0.4, 0.5) is 0 Å². The molecule has 3 aromatic rings. The Bertz CT molecular complexity index is 725. The van der Waals surface area contributed by atoms with Crippen molar-refractivity contribution < 1.29 is 0 Å². The lowest BCUT2D eigenvalue weighted by atomic mass is 9.90. The van der Waals surface area contributed by atoms with E-state index in [4.69, 9.17) is 0 Å². The molecule has 0 aliphatic carbocycles. The molecule has 3 aromatic carbocycles. The van der Waals surface area contributed by atoms with Crippen molar-refractivity contribution in [3.05, 3.63) is 58.7 Å². The Labute approximate surface area is 121 Å². The van der Waals surface area contributed by atoms with Gasteiger partial charge in [0.05, 0.1) is 0 Å². The van der Waals surface area contributed by atoms with Gasteiger partial charge in [0, 0.05) is 0 Å². The Kier molecular flexibility index (Phi) is 3.25. The highest BCUT2D eigenvalue weighted by atomic mass is 14.1. The third-order valence-corrected chi connectivity index (χ3v) is 4.65. The lowest BCUT2D eigenvalue weighted by Gasteiger charge is -2.14. The third-order valence-electron chi connectivity index (χ3n) is 4.65. The zero-order chi connectivity index (χ0) is 14.3. The summed E-state index contributed by atoms with van der Waals surface area (Å²) in [4.78, 5) is 0. The van der Waals surface area contributed by atoms with E-state index in [2.05, 4.69) is 64.1 Å². The molecular weight excluding hydrogens is 240 g/mol. The van der Waals surface area contributed by atoms with Gasteiger partial charge in [-0.2, -0.15) is 0 Å². The highest BCUT2D eigenvalue weighted by Crippen LogP contribution is 2.33. The minimum atomic E-state index is 1.10. The summed E-state index contributed by atoms with van der Waals surface area (Å²) >= 11 is 0. The van der Waals surface area contributed by atoms with Crippen molar-refractivity contribution in [2.24, 2.45) is 0 Å². The smallest absolute Gasteiger partial charge is 0.0102 e. The topological polar surface area (TPSA) is 0 Å². The second-order valence-corrected chi connectivity index (χ2v) is 5.72. The molecule has 0 saturated heterocycles. The fourth-order valence-corrected chi connectivity index (χ4v) is 3.12. The molecule has 20 heavy (non-hydrogen) atoms. The Balaban J connectivity index is 2.47. The highest BCUT2D eigenvalue weighted by Gasteiger charge is 2.09. The molecule has 0 heteroatoms. The van der Waals surface area contributed by atoms with Gasteiger partial charge in [-0.15, -0.1) is 0 Å². The summed E-state index contributed by atoms with van der Waals surface area (Å²) in [5, 5.41) is 5.61. The van der Waals surface area contributed by atoms with Crippen LogP contribution in [-0.2, 0) is 12.8 Å². The van der Waals surface area contributed by atoms with E-state index in [1.165, 1.54) is 43.8 Å². The summed E-state index contributed by atoms with van der Waals surface area (Å²) in [6.45, 7) is 8.96. The molecule has 0 amide bonds. The molecule has 0 atom stereocenters. The monoisotopic (exact) mass is 262 g/mol. The molecule has 3 rings (SSSR count). The van der Waals surface area contributed by atoms with Crippen molar-refractivity contribution in [1.82, 2.24) is 0 Å². The van der Waals surface area contributed by atoms with E-state index in [9.17, 15) is 0 Å². The number of benzene rings is 3. The normalized spacial score (nSPS) is 11.4. The molecule has 0 nitrogen and oxygen atoms in total. The molecule has 0 spiro atoms. The zero-order valence-corrected chi connectivity index (χ0v) is 12.9. The molecule has 0 saturated carbocycles. The minimum absolute atomic E-state index is 1.10. The standard InChI is InChI=1S/C20H22/c1-5-15-7-9-17-18-10-8-16(6-2)12-20(18)14(4)13(3)19(17)11-15/h7-12H,5-6H2,1-4H3. The van der Waals surface area contributed by atoms with Crippen LogP contribution in [0.1, 0.15) is 36.1 Å². The first kappa shape index (κ1) is 13.2. The van der Waals surface area contributed by atoms with Crippen LogP contribution < -0.4 is 0 Å². The molecule has 0 N–H and O–H groups in total. The summed E-state index contributed by atoms with van der Waals surface area (Å²) in [6, 6.07) is 13.9. The van der Waals surface area contributed by atoms with E-state index < -0.39 is 0 Å². The first-order valence-electron chi connectivity index (χ1n) is 7.60. The van der Waals surface area contributed by atoms with E-state index in [1.807, 2.05) is 0 Å². The van der Waals surface area contributed by atoms with Crippen molar-refractivity contribution >= 4 is 21.5 Å². The maximum atomic E-state index is 2.37. The number of hydrogen-bond acceptors (Lipinski definition) is 0. The second-order valence-electron chi connectivity index (χ2n) is 5.72. The van der Waals surface area contributed by atoms with Gasteiger partial charge >= 0.3 is 0 Å². The molecule has 0 radical (unpaired) electrons. The summed E-state index contributed by atoms with van der Waals surface area (Å²) in [5.74, 6) is 0. The molecule has 102 valence electrons. The predicted octanol–water partition coefficient (Wildman–Crippen LogP) is 5.73. The molecule has 0 heterocycles. The Morgan fingerprint density at radius 3 is 1.35 bits per heavy atom. The molecule has 0 aliphatic rings. The van der Waals surface area contributed by atoms with Gasteiger partial charge in [0.2, 0.25) is 0 Å². The van der Waals surface area contributed by atoms with Gasteiger partial charge < -0.3 is 0 Å². The largest absolute Gasteiger partial charge is 0.0613 e. The molecular formula is C20H22. The van der Waals surface area contributed by atoms with Gasteiger partial charge in [-0.05, 0) is 70.5 Å². The van der Waals surface area contributed by atoms with Gasteiger partial charge in [0.25, 0.3) is 0 Å². The Morgan fingerprint density at radius 2 is 1.00 bits per heavy atom. The zero-order valence-electron chi connectivity index (χ0n) is 12.9. The van der Waals surface area contributed by atoms with E-state index >= 15 is 0 Å². The van der Waals surface area contributed by atoms with Gasteiger partial charge in [0.1, 0.15) is 0 Å². The first-order chi connectivity index (χ1) is 9.65. The van der Waals surface area contributed by atoms with Crippen molar-refractivity contribution in [3.63, 3.8) is 0 Å². The first-order valence-corrected chi connectivity index (χ1v) is 7.60. The van der Waals surface area contributed by atoms with Crippen LogP contribution in [0.3, 0.4) is 0 Å². The van der Waals surface area contributed by atoms with Crippen LogP contribution in [0.5, 0.6) is 0 Å². The Morgan fingerprint density at radius 1 is 0.600 bits per heavy atom. The van der Waals surface area contributed by atoms with Crippen LogP contribution in [-0.4, -0.2) is 0 Å². The minimum Gasteiger partial charge on any atom is -0.0613 e. The van der Waals surface area contributed by atoms with Gasteiger partial charge in [-0.3, -0.25) is 0 Å². The number of hydrogen-bond donors (Lipinski definition) is 0. The third kappa shape index (κ3) is 1.91. The summed E-state index contributed by atoms with van der Waals surface area (Å²) in [7, 11) is 0. The SMILES string of the molecule is CCc1ccc2c(c1)c(C)c(C)c1cc(CC)ccc12. The fourth-order valence-electron chi connectivity index (χ4n) is 3.12. The number of fused-ring (bicyclic) bond motifs is 3. The predicted molar refractivity (Wildman–Crippen MR) is 89.7 cm³/mol. The van der Waals surface area contributed by atoms with E-state index in [0.29, 0.717) is 0 Å². The highest BCUT2D eigenvalue weighted by molar-refractivity contribution is 6.10. The van der Waals surface area contributed by atoms with Gasteiger partial charge in [-0.1, -0.05) is 50.2 Å². The Hall–Kier alpha value is -1.82. The van der Waals surface area contributed by atoms with Crippen LogP contribution in [0.2, 0.25) is 0 Å². The summed E-state index contributed by atoms with van der Waals surface area (Å²) in [5.41, 5.74) is 5.70. The molecule has 0 bridgehead atoms. The molecule has 0 aromatic heterocycles. The molecule has 0 fully saturated rings. The number of rotatable bonds is 2. The maximum Gasteiger partial charge on any atom is -0.0102 e. The van der Waals surface area contributed by atoms with E-state index in [1.54, 1.807) is 0 Å². The quantitative estimate of drug-likeness (QED) is 0.517. The number of aryl methyl sites for hydroxylation is 4. The summed E-state index contributed by atoms with van der Waals surface area (Å²) < 4.78 is 0. The second kappa shape index (κ2) is 4.94. The van der Waals surface area contributed by atoms with E-state index in [0.717, 1.165) is 12.8 Å². The molecule has 0 unspecified atom stereocenters. The van der Waals surface area contributed by atoms with Crippen LogP contribution in [0.25, 0.3) is 21.5 Å². The lowest BCUT2D eigenvalue weighted by molar-refractivity contribution is 1.14. The average molecular weight is 262 g/mol. The maximum absolute atomic E-state index is 2.37. The summed E-state index contributed by atoms with van der Waals surface area (Å²) in [6.07, 6.45) is 2.20. The van der Waals surface area contributed by atoms with Crippen LogP contribution in [0.15, 0.2) is 36.4 Å². The average Bonchev–Trinajstić information content (AvgIpc) is 2.51. The molecule has 0 aliphatic heterocycles. The van der Waals surface area contributed by atoms with E-state index in [-0.39, 0.29) is 0 Å².